The van der Waals surface area contributed by atoms with Crippen LogP contribution < -0.4 is 5.43 Å². The lowest BCUT2D eigenvalue weighted by atomic mass is 9.90. The Kier molecular flexibility index (Phi) is 6.96. The summed E-state index contributed by atoms with van der Waals surface area (Å²) in [4.78, 5) is 37.5. The molecular weight excluding hydrogens is 552 g/mol. The van der Waals surface area contributed by atoms with Crippen molar-refractivity contribution in [1.29, 1.82) is 0 Å². The molecule has 5 aromatic rings. The lowest BCUT2D eigenvalue weighted by Crippen LogP contribution is -2.12. The van der Waals surface area contributed by atoms with Crippen molar-refractivity contribution >= 4 is 22.9 Å². The van der Waals surface area contributed by atoms with E-state index >= 15 is 0 Å². The fraction of sp³-hybridized carbons (Fsp3) is 0.100. The number of phenolic OH excluding ortho intramolecular Hbond substituents is 4. The highest BCUT2D eigenvalue weighted by Crippen LogP contribution is 2.45. The molecule has 12 heteroatoms. The van der Waals surface area contributed by atoms with E-state index in [2.05, 4.69) is 0 Å². The van der Waals surface area contributed by atoms with Gasteiger partial charge in [0, 0.05) is 22.8 Å². The Morgan fingerprint density at radius 2 is 1.60 bits per heavy atom. The summed E-state index contributed by atoms with van der Waals surface area (Å²) >= 11 is 0. The lowest BCUT2D eigenvalue weighted by Gasteiger charge is -2.18. The second-order valence-electron chi connectivity index (χ2n) is 9.23. The minimum absolute atomic E-state index is 0.0364. The van der Waals surface area contributed by atoms with E-state index in [4.69, 9.17) is 13.6 Å². The standard InChI is InChI=1S/C30H22O12/c1-40-23(35)11-16(22-9-8-21(41-22)14-4-2-3-5-15(14)30(38)39)24-19(33)12-20(34)25-26(36)27(37)28(42-29(24)25)13-6-7-17(31)18(32)10-13/h2-10,12,16,31-34,37H,11H2,1H3,(H,38,39). The topological polar surface area (TPSA) is 208 Å². The van der Waals surface area contributed by atoms with Crippen LogP contribution in [0.25, 0.3) is 33.6 Å². The Morgan fingerprint density at radius 1 is 0.857 bits per heavy atom. The number of carboxylic acids is 1. The van der Waals surface area contributed by atoms with E-state index in [9.17, 15) is 45.0 Å². The third kappa shape index (κ3) is 4.70. The fourth-order valence-corrected chi connectivity index (χ4v) is 4.71. The number of aromatic carboxylic acids is 1. The van der Waals surface area contributed by atoms with E-state index in [1.54, 1.807) is 12.1 Å². The molecular formula is C30H22O12. The monoisotopic (exact) mass is 574 g/mol. The van der Waals surface area contributed by atoms with E-state index < -0.39 is 75.2 Å². The molecule has 12 nitrogen and oxygen atoms in total. The van der Waals surface area contributed by atoms with Crippen molar-refractivity contribution < 1.29 is 53.8 Å². The quantitative estimate of drug-likeness (QED) is 0.116. The molecule has 6 N–H and O–H groups in total. The van der Waals surface area contributed by atoms with Gasteiger partial charge in [-0.15, -0.1) is 0 Å². The zero-order valence-electron chi connectivity index (χ0n) is 21.7. The first-order chi connectivity index (χ1) is 20.0. The van der Waals surface area contributed by atoms with Gasteiger partial charge in [0.25, 0.3) is 0 Å². The number of benzene rings is 3. The average Bonchev–Trinajstić information content (AvgIpc) is 3.45. The Morgan fingerprint density at radius 3 is 2.29 bits per heavy atom. The second kappa shape index (κ2) is 10.6. The van der Waals surface area contributed by atoms with Gasteiger partial charge in [0.2, 0.25) is 11.2 Å². The summed E-state index contributed by atoms with van der Waals surface area (Å²) in [6.07, 6.45) is -0.461. The van der Waals surface area contributed by atoms with Crippen molar-refractivity contribution in [2.24, 2.45) is 0 Å². The normalized spacial score (nSPS) is 11.8. The first-order valence-electron chi connectivity index (χ1n) is 12.3. The summed E-state index contributed by atoms with van der Waals surface area (Å²) < 4.78 is 16.7. The SMILES string of the molecule is COC(=O)CC(c1ccc(-c2ccccc2C(=O)O)o1)c1c(O)cc(O)c2c(=O)c(O)c(-c3ccc(O)c(O)c3)oc12. The van der Waals surface area contributed by atoms with E-state index in [0.717, 1.165) is 25.3 Å². The summed E-state index contributed by atoms with van der Waals surface area (Å²) in [5.74, 6) is -6.81. The number of rotatable bonds is 7. The Balaban J connectivity index is 1.78. The van der Waals surface area contributed by atoms with Gasteiger partial charge in [-0.1, -0.05) is 18.2 Å². The van der Waals surface area contributed by atoms with Crippen molar-refractivity contribution in [3.8, 4) is 51.4 Å². The van der Waals surface area contributed by atoms with Gasteiger partial charge < -0.3 is 44.2 Å². The molecule has 2 aromatic heterocycles. The maximum absolute atomic E-state index is 13.3. The number of furan rings is 1. The van der Waals surface area contributed by atoms with Crippen LogP contribution in [0.4, 0.5) is 0 Å². The van der Waals surface area contributed by atoms with Crippen LogP contribution in [0.5, 0.6) is 28.7 Å². The molecule has 2 heterocycles. The number of carboxylic acid groups (broad SMARTS) is 1. The zero-order chi connectivity index (χ0) is 30.3. The minimum Gasteiger partial charge on any atom is -0.507 e. The molecule has 1 atom stereocenters. The molecule has 0 aliphatic heterocycles. The number of aromatic hydroxyl groups is 5. The number of methoxy groups -OCH3 is 1. The molecule has 0 bridgehead atoms. The van der Waals surface area contributed by atoms with Crippen molar-refractivity contribution in [2.45, 2.75) is 12.3 Å². The molecule has 3 aromatic carbocycles. The molecule has 42 heavy (non-hydrogen) atoms. The predicted octanol–water partition coefficient (Wildman–Crippen LogP) is 4.64. The molecule has 0 aliphatic rings. The van der Waals surface area contributed by atoms with Crippen LogP contribution in [0, 0.1) is 0 Å². The van der Waals surface area contributed by atoms with E-state index in [-0.39, 0.29) is 33.8 Å². The van der Waals surface area contributed by atoms with Gasteiger partial charge >= 0.3 is 11.9 Å². The number of carbonyl (C=O) groups excluding carboxylic acids is 1. The molecule has 0 amide bonds. The smallest absolute Gasteiger partial charge is 0.336 e. The molecule has 0 fully saturated rings. The van der Waals surface area contributed by atoms with Crippen molar-refractivity contribution in [1.82, 2.24) is 0 Å². The van der Waals surface area contributed by atoms with Gasteiger partial charge in [0.15, 0.2) is 17.3 Å². The number of phenols is 4. The lowest BCUT2D eigenvalue weighted by molar-refractivity contribution is -0.140. The molecule has 0 saturated carbocycles. The van der Waals surface area contributed by atoms with Crippen LogP contribution >= 0.6 is 0 Å². The largest absolute Gasteiger partial charge is 0.507 e. The zero-order valence-corrected chi connectivity index (χ0v) is 21.7. The summed E-state index contributed by atoms with van der Waals surface area (Å²) in [7, 11) is 1.14. The third-order valence-electron chi connectivity index (χ3n) is 6.72. The van der Waals surface area contributed by atoms with Crippen molar-refractivity contribution in [3.05, 3.63) is 87.8 Å². The van der Waals surface area contributed by atoms with Gasteiger partial charge in [-0.25, -0.2) is 4.79 Å². The highest BCUT2D eigenvalue weighted by atomic mass is 16.5. The molecule has 1 unspecified atom stereocenters. The summed E-state index contributed by atoms with van der Waals surface area (Å²) in [5, 5.41) is 61.0. The Labute approximate surface area is 235 Å². The van der Waals surface area contributed by atoms with Gasteiger partial charge in [0.1, 0.15) is 34.0 Å². The number of hydrogen-bond acceptors (Lipinski definition) is 11. The van der Waals surface area contributed by atoms with E-state index in [1.165, 1.54) is 30.3 Å². The van der Waals surface area contributed by atoms with Crippen LogP contribution in [-0.4, -0.2) is 49.7 Å². The van der Waals surface area contributed by atoms with Gasteiger partial charge in [-0.05, 0) is 36.4 Å². The summed E-state index contributed by atoms with van der Waals surface area (Å²) in [5.41, 5.74) is -1.56. The minimum atomic E-state index is -1.21. The molecule has 0 spiro atoms. The van der Waals surface area contributed by atoms with Crippen molar-refractivity contribution in [2.75, 3.05) is 7.11 Å². The average molecular weight is 574 g/mol. The Hall–Kier alpha value is -5.91. The highest BCUT2D eigenvalue weighted by molar-refractivity contribution is 5.95. The second-order valence-corrected chi connectivity index (χ2v) is 9.23. The van der Waals surface area contributed by atoms with Gasteiger partial charge in [-0.3, -0.25) is 9.59 Å². The maximum Gasteiger partial charge on any atom is 0.336 e. The number of hydrogen-bond donors (Lipinski definition) is 6. The fourth-order valence-electron chi connectivity index (χ4n) is 4.71. The van der Waals surface area contributed by atoms with Crippen LogP contribution in [0.3, 0.4) is 0 Å². The summed E-state index contributed by atoms with van der Waals surface area (Å²) in [6, 6.07) is 13.2. The number of ether oxygens (including phenoxy) is 1. The summed E-state index contributed by atoms with van der Waals surface area (Å²) in [6.45, 7) is 0. The highest BCUT2D eigenvalue weighted by Gasteiger charge is 2.32. The number of fused-ring (bicyclic) bond motifs is 1. The first-order valence-corrected chi connectivity index (χ1v) is 12.3. The van der Waals surface area contributed by atoms with Gasteiger partial charge in [-0.2, -0.15) is 0 Å². The van der Waals surface area contributed by atoms with Gasteiger partial charge in [0.05, 0.1) is 25.0 Å². The maximum atomic E-state index is 13.3. The van der Waals surface area contributed by atoms with Crippen LogP contribution in [0.2, 0.25) is 0 Å². The Bertz CT molecular complexity index is 1930. The van der Waals surface area contributed by atoms with Crippen LogP contribution in [-0.2, 0) is 9.53 Å². The molecule has 214 valence electrons. The molecule has 5 rings (SSSR count). The van der Waals surface area contributed by atoms with E-state index in [0.29, 0.717) is 0 Å². The van der Waals surface area contributed by atoms with Crippen LogP contribution in [0.15, 0.2) is 74.3 Å². The first kappa shape index (κ1) is 27.6. The van der Waals surface area contributed by atoms with Crippen LogP contribution in [0.1, 0.15) is 34.0 Å². The molecule has 0 saturated heterocycles. The predicted molar refractivity (Wildman–Crippen MR) is 146 cm³/mol. The number of carbonyl (C=O) groups is 2. The molecule has 0 aliphatic carbocycles. The van der Waals surface area contributed by atoms with E-state index in [1.807, 2.05) is 0 Å². The van der Waals surface area contributed by atoms with Crippen molar-refractivity contribution in [3.63, 3.8) is 0 Å². The number of esters is 1. The third-order valence-corrected chi connectivity index (χ3v) is 6.72. The molecule has 0 radical (unpaired) electrons.